The van der Waals surface area contributed by atoms with Crippen LogP contribution in [-0.2, 0) is 0 Å². The van der Waals surface area contributed by atoms with E-state index in [1.807, 2.05) is 38.1 Å². The number of hydrogen-bond donors (Lipinski definition) is 1. The van der Waals surface area contributed by atoms with Crippen LogP contribution in [0.4, 0.5) is 0 Å². The third-order valence-electron chi connectivity index (χ3n) is 3.90. The van der Waals surface area contributed by atoms with Crippen molar-refractivity contribution >= 4 is 11.0 Å². The monoisotopic (exact) mass is 280 g/mol. The molecule has 2 aromatic carbocycles. The standard InChI is InChI=1S/C18H20N2O/c1-11-7-5-6-8-17(11)21-14(4)18-19-15-9-12(2)13(3)10-16(15)20-18/h5-10,14H,1-4H3,(H,19,20)/t14-/m0/s1. The quantitative estimate of drug-likeness (QED) is 0.759. The van der Waals surface area contributed by atoms with Crippen LogP contribution >= 0.6 is 0 Å². The van der Waals surface area contributed by atoms with Crippen molar-refractivity contribution in [3.8, 4) is 5.75 Å². The molecular formula is C18H20N2O. The fourth-order valence-corrected chi connectivity index (χ4v) is 2.42. The molecule has 0 amide bonds. The number of para-hydroxylation sites is 1. The van der Waals surface area contributed by atoms with E-state index < -0.39 is 0 Å². The molecule has 0 aliphatic rings. The molecule has 21 heavy (non-hydrogen) atoms. The van der Waals surface area contributed by atoms with Gasteiger partial charge in [0.1, 0.15) is 11.6 Å². The molecule has 0 aliphatic heterocycles. The number of rotatable bonds is 3. The summed E-state index contributed by atoms with van der Waals surface area (Å²) in [6.45, 7) is 8.29. The number of ether oxygens (including phenoxy) is 1. The van der Waals surface area contributed by atoms with E-state index in [9.17, 15) is 0 Å². The summed E-state index contributed by atoms with van der Waals surface area (Å²) in [6, 6.07) is 12.3. The lowest BCUT2D eigenvalue weighted by Crippen LogP contribution is -2.05. The Balaban J connectivity index is 1.91. The summed E-state index contributed by atoms with van der Waals surface area (Å²) in [6.07, 6.45) is -0.112. The Bertz CT molecular complexity index is 750. The highest BCUT2D eigenvalue weighted by atomic mass is 16.5. The minimum Gasteiger partial charge on any atom is -0.483 e. The Labute approximate surface area is 125 Å². The molecule has 0 spiro atoms. The Morgan fingerprint density at radius 2 is 1.71 bits per heavy atom. The van der Waals surface area contributed by atoms with E-state index in [1.54, 1.807) is 0 Å². The van der Waals surface area contributed by atoms with Crippen LogP contribution in [-0.4, -0.2) is 9.97 Å². The third-order valence-corrected chi connectivity index (χ3v) is 3.90. The molecule has 1 atom stereocenters. The molecule has 0 saturated heterocycles. The maximum Gasteiger partial charge on any atom is 0.153 e. The summed E-state index contributed by atoms with van der Waals surface area (Å²) in [4.78, 5) is 8.03. The van der Waals surface area contributed by atoms with Crippen LogP contribution in [0.25, 0.3) is 11.0 Å². The van der Waals surface area contributed by atoms with Crippen LogP contribution in [0.5, 0.6) is 5.75 Å². The molecule has 3 heteroatoms. The lowest BCUT2D eigenvalue weighted by Gasteiger charge is -2.14. The highest BCUT2D eigenvalue weighted by Gasteiger charge is 2.14. The summed E-state index contributed by atoms with van der Waals surface area (Å²) in [5.74, 6) is 1.76. The molecule has 3 nitrogen and oxygen atoms in total. The second-order valence-corrected chi connectivity index (χ2v) is 5.60. The molecule has 0 radical (unpaired) electrons. The zero-order valence-corrected chi connectivity index (χ0v) is 12.9. The Kier molecular flexibility index (Phi) is 3.42. The number of hydrogen-bond acceptors (Lipinski definition) is 2. The largest absolute Gasteiger partial charge is 0.483 e. The highest BCUT2D eigenvalue weighted by Crippen LogP contribution is 2.25. The van der Waals surface area contributed by atoms with Gasteiger partial charge in [0.05, 0.1) is 11.0 Å². The average Bonchev–Trinajstić information content (AvgIpc) is 2.85. The van der Waals surface area contributed by atoms with E-state index in [0.717, 1.165) is 28.2 Å². The van der Waals surface area contributed by atoms with Gasteiger partial charge in [-0.25, -0.2) is 4.98 Å². The molecule has 0 fully saturated rings. The van der Waals surface area contributed by atoms with E-state index >= 15 is 0 Å². The summed E-state index contributed by atoms with van der Waals surface area (Å²) in [5.41, 5.74) is 5.71. The number of aryl methyl sites for hydroxylation is 3. The zero-order chi connectivity index (χ0) is 15.0. The summed E-state index contributed by atoms with van der Waals surface area (Å²) in [7, 11) is 0. The smallest absolute Gasteiger partial charge is 0.153 e. The predicted molar refractivity (Wildman–Crippen MR) is 85.8 cm³/mol. The number of nitrogens with one attached hydrogen (secondary N) is 1. The van der Waals surface area contributed by atoms with E-state index in [4.69, 9.17) is 4.74 Å². The van der Waals surface area contributed by atoms with Crippen molar-refractivity contribution < 1.29 is 4.74 Å². The average molecular weight is 280 g/mol. The third kappa shape index (κ3) is 2.64. The SMILES string of the molecule is Cc1cc2nc([C@H](C)Oc3ccccc3C)[nH]c2cc1C. The zero-order valence-electron chi connectivity index (χ0n) is 12.9. The van der Waals surface area contributed by atoms with Gasteiger partial charge in [-0.1, -0.05) is 18.2 Å². The van der Waals surface area contributed by atoms with Gasteiger partial charge >= 0.3 is 0 Å². The van der Waals surface area contributed by atoms with Crippen LogP contribution < -0.4 is 4.74 Å². The Morgan fingerprint density at radius 3 is 2.48 bits per heavy atom. The van der Waals surface area contributed by atoms with Gasteiger partial charge in [0.25, 0.3) is 0 Å². The van der Waals surface area contributed by atoms with Gasteiger partial charge in [-0.3, -0.25) is 0 Å². The topological polar surface area (TPSA) is 37.9 Å². The normalized spacial score (nSPS) is 12.6. The van der Waals surface area contributed by atoms with Gasteiger partial charge < -0.3 is 9.72 Å². The molecule has 3 aromatic rings. The van der Waals surface area contributed by atoms with Gasteiger partial charge in [-0.05, 0) is 62.6 Å². The maximum absolute atomic E-state index is 6.03. The molecule has 1 N–H and O–H groups in total. The van der Waals surface area contributed by atoms with Crippen molar-refractivity contribution in [3.05, 3.63) is 58.9 Å². The van der Waals surface area contributed by atoms with Crippen LogP contribution in [0.15, 0.2) is 36.4 Å². The highest BCUT2D eigenvalue weighted by molar-refractivity contribution is 5.77. The minimum atomic E-state index is -0.112. The number of aromatic nitrogens is 2. The fourth-order valence-electron chi connectivity index (χ4n) is 2.42. The molecule has 3 rings (SSSR count). The molecule has 108 valence electrons. The van der Waals surface area contributed by atoms with Crippen molar-refractivity contribution in [2.45, 2.75) is 33.8 Å². The van der Waals surface area contributed by atoms with E-state index in [-0.39, 0.29) is 6.10 Å². The molecule has 1 heterocycles. The number of fused-ring (bicyclic) bond motifs is 1. The van der Waals surface area contributed by atoms with Crippen LogP contribution in [0, 0.1) is 20.8 Å². The van der Waals surface area contributed by atoms with Crippen LogP contribution in [0.3, 0.4) is 0 Å². The molecule has 0 saturated carbocycles. The number of H-pyrrole nitrogens is 1. The lowest BCUT2D eigenvalue weighted by molar-refractivity contribution is 0.216. The molecule has 1 aromatic heterocycles. The summed E-state index contributed by atoms with van der Waals surface area (Å²) >= 11 is 0. The van der Waals surface area contributed by atoms with Crippen molar-refractivity contribution in [3.63, 3.8) is 0 Å². The number of benzene rings is 2. The number of aromatic amines is 1. The van der Waals surface area contributed by atoms with Crippen LogP contribution in [0.1, 0.15) is 35.5 Å². The van der Waals surface area contributed by atoms with E-state index in [1.165, 1.54) is 11.1 Å². The van der Waals surface area contributed by atoms with E-state index in [2.05, 4.69) is 35.9 Å². The van der Waals surface area contributed by atoms with Crippen molar-refractivity contribution in [1.29, 1.82) is 0 Å². The summed E-state index contributed by atoms with van der Waals surface area (Å²) in [5, 5.41) is 0. The molecule has 0 bridgehead atoms. The first-order valence-corrected chi connectivity index (χ1v) is 7.24. The minimum absolute atomic E-state index is 0.112. The fraction of sp³-hybridized carbons (Fsp3) is 0.278. The number of nitrogens with zero attached hydrogens (tertiary/aromatic N) is 1. The molecular weight excluding hydrogens is 260 g/mol. The van der Waals surface area contributed by atoms with Gasteiger partial charge in [0, 0.05) is 0 Å². The van der Waals surface area contributed by atoms with Gasteiger partial charge in [0.15, 0.2) is 6.10 Å². The first-order chi connectivity index (χ1) is 10.0. The molecule has 0 aliphatic carbocycles. The maximum atomic E-state index is 6.03. The number of imidazole rings is 1. The second kappa shape index (κ2) is 5.24. The van der Waals surface area contributed by atoms with Gasteiger partial charge in [-0.15, -0.1) is 0 Å². The van der Waals surface area contributed by atoms with Crippen molar-refractivity contribution in [2.75, 3.05) is 0 Å². The lowest BCUT2D eigenvalue weighted by atomic mass is 10.1. The van der Waals surface area contributed by atoms with Gasteiger partial charge in [-0.2, -0.15) is 0 Å². The van der Waals surface area contributed by atoms with Crippen molar-refractivity contribution in [2.24, 2.45) is 0 Å². The van der Waals surface area contributed by atoms with Crippen molar-refractivity contribution in [1.82, 2.24) is 9.97 Å². The van der Waals surface area contributed by atoms with E-state index in [0.29, 0.717) is 0 Å². The molecule has 0 unspecified atom stereocenters. The van der Waals surface area contributed by atoms with Crippen LogP contribution in [0.2, 0.25) is 0 Å². The second-order valence-electron chi connectivity index (χ2n) is 5.60. The first kappa shape index (κ1) is 13.7. The Morgan fingerprint density at radius 1 is 1.00 bits per heavy atom. The van der Waals surface area contributed by atoms with Gasteiger partial charge in [0.2, 0.25) is 0 Å². The summed E-state index contributed by atoms with van der Waals surface area (Å²) < 4.78 is 6.03. The predicted octanol–water partition coefficient (Wildman–Crippen LogP) is 4.63. The first-order valence-electron chi connectivity index (χ1n) is 7.24. The Hall–Kier alpha value is -2.29.